The third kappa shape index (κ3) is 2.46. The van der Waals surface area contributed by atoms with Gasteiger partial charge in [-0.2, -0.15) is 13.2 Å². The first-order valence-electron chi connectivity index (χ1n) is 4.82. The van der Waals surface area contributed by atoms with Gasteiger partial charge >= 0.3 is 6.18 Å². The van der Waals surface area contributed by atoms with Gasteiger partial charge in [-0.3, -0.25) is 0 Å². The minimum atomic E-state index is -4.40. The molecule has 0 bridgehead atoms. The van der Waals surface area contributed by atoms with Crippen molar-refractivity contribution in [1.82, 2.24) is 0 Å². The minimum absolute atomic E-state index is 0.237. The average molecular weight is 239 g/mol. The van der Waals surface area contributed by atoms with Gasteiger partial charge in [-0.1, -0.05) is 24.3 Å². The first-order valence-corrected chi connectivity index (χ1v) is 4.82. The van der Waals surface area contributed by atoms with Crippen LogP contribution in [0, 0.1) is 11.9 Å². The van der Waals surface area contributed by atoms with Gasteiger partial charge in [0.15, 0.2) is 0 Å². The van der Waals surface area contributed by atoms with Crippen molar-refractivity contribution in [2.75, 3.05) is 0 Å². The van der Waals surface area contributed by atoms with Gasteiger partial charge in [0.05, 0.1) is 5.56 Å². The minimum Gasteiger partial charge on any atom is -0.206 e. The Kier molecular flexibility index (Phi) is 2.88. The summed E-state index contributed by atoms with van der Waals surface area (Å²) < 4.78 is 50.3. The molecule has 1 radical (unpaired) electrons. The highest BCUT2D eigenvalue weighted by atomic mass is 19.4. The molecule has 0 aliphatic rings. The summed E-state index contributed by atoms with van der Waals surface area (Å²) in [4.78, 5) is 0. The fourth-order valence-electron chi connectivity index (χ4n) is 1.45. The summed E-state index contributed by atoms with van der Waals surface area (Å²) in [5, 5.41) is 0. The van der Waals surface area contributed by atoms with Crippen LogP contribution in [0.15, 0.2) is 42.5 Å². The van der Waals surface area contributed by atoms with E-state index in [9.17, 15) is 17.6 Å². The Balaban J connectivity index is 2.40. The van der Waals surface area contributed by atoms with E-state index in [0.717, 1.165) is 12.1 Å². The largest absolute Gasteiger partial charge is 0.416 e. The molecule has 2 aromatic rings. The number of hydrogen-bond donors (Lipinski definition) is 0. The second-order valence-corrected chi connectivity index (χ2v) is 3.47. The van der Waals surface area contributed by atoms with Crippen molar-refractivity contribution >= 4 is 0 Å². The molecule has 0 nitrogen and oxygen atoms in total. The zero-order valence-corrected chi connectivity index (χ0v) is 8.55. The lowest BCUT2D eigenvalue weighted by molar-refractivity contribution is -0.137. The fraction of sp³-hybridized carbons (Fsp3) is 0.0769. The highest BCUT2D eigenvalue weighted by molar-refractivity contribution is 5.63. The van der Waals surface area contributed by atoms with Crippen molar-refractivity contribution in [3.05, 3.63) is 59.9 Å². The van der Waals surface area contributed by atoms with E-state index in [2.05, 4.69) is 6.07 Å². The van der Waals surface area contributed by atoms with Gasteiger partial charge in [0.1, 0.15) is 5.82 Å². The predicted octanol–water partition coefficient (Wildman–Crippen LogP) is 4.31. The van der Waals surface area contributed by atoms with Crippen molar-refractivity contribution < 1.29 is 17.6 Å². The maximum atomic E-state index is 13.4. The van der Waals surface area contributed by atoms with E-state index in [0.29, 0.717) is 5.56 Å². The molecule has 87 valence electrons. The van der Waals surface area contributed by atoms with Gasteiger partial charge in [-0.25, -0.2) is 4.39 Å². The molecule has 0 aromatic heterocycles. The third-order valence-corrected chi connectivity index (χ3v) is 2.30. The molecule has 0 saturated heterocycles. The molecule has 2 aromatic carbocycles. The van der Waals surface area contributed by atoms with Crippen LogP contribution in [0.5, 0.6) is 0 Å². The molecular weight excluding hydrogens is 232 g/mol. The third-order valence-electron chi connectivity index (χ3n) is 2.30. The van der Waals surface area contributed by atoms with Crippen LogP contribution in [0.3, 0.4) is 0 Å². The van der Waals surface area contributed by atoms with Gasteiger partial charge in [0.2, 0.25) is 0 Å². The Hall–Kier alpha value is -1.84. The van der Waals surface area contributed by atoms with Crippen molar-refractivity contribution in [2.45, 2.75) is 6.18 Å². The van der Waals surface area contributed by atoms with E-state index in [-0.39, 0.29) is 5.56 Å². The standard InChI is InChI=1S/C13H7F4/c14-12-4-2-1-3-11(12)9-5-7-10(8-6-9)13(15,16)17/h1-5,7-8H. The van der Waals surface area contributed by atoms with Crippen LogP contribution in [-0.2, 0) is 6.18 Å². The maximum absolute atomic E-state index is 13.4. The molecule has 0 fully saturated rings. The molecule has 0 heterocycles. The summed E-state index contributed by atoms with van der Waals surface area (Å²) >= 11 is 0. The molecule has 0 unspecified atom stereocenters. The number of hydrogen-bond acceptors (Lipinski definition) is 0. The molecule has 0 N–H and O–H groups in total. The normalized spacial score (nSPS) is 11.5. The second kappa shape index (κ2) is 4.20. The van der Waals surface area contributed by atoms with E-state index in [1.165, 1.54) is 24.3 Å². The van der Waals surface area contributed by atoms with E-state index >= 15 is 0 Å². The monoisotopic (exact) mass is 239 g/mol. The molecule has 0 atom stereocenters. The summed E-state index contributed by atoms with van der Waals surface area (Å²) in [6.45, 7) is 0. The topological polar surface area (TPSA) is 0 Å². The first-order chi connectivity index (χ1) is 7.98. The number of benzene rings is 2. The number of halogens is 4. The Morgan fingerprint density at radius 1 is 0.941 bits per heavy atom. The Morgan fingerprint density at radius 2 is 1.65 bits per heavy atom. The fourth-order valence-corrected chi connectivity index (χ4v) is 1.45. The SMILES string of the molecule is Fc1ccccc1-c1[c]cc(C(F)(F)F)cc1. The molecule has 2 rings (SSSR count). The number of rotatable bonds is 1. The molecule has 4 heteroatoms. The van der Waals surface area contributed by atoms with Gasteiger partial charge in [0, 0.05) is 5.56 Å². The summed E-state index contributed by atoms with van der Waals surface area (Å²) in [5.41, 5.74) is -0.255. The Morgan fingerprint density at radius 3 is 2.18 bits per heavy atom. The van der Waals surface area contributed by atoms with Gasteiger partial charge in [0.25, 0.3) is 0 Å². The summed E-state index contributed by atoms with van der Waals surface area (Å²) in [6.07, 6.45) is -4.40. The molecule has 0 saturated carbocycles. The Bertz CT molecular complexity index is 512. The predicted molar refractivity (Wildman–Crippen MR) is 55.7 cm³/mol. The van der Waals surface area contributed by atoms with Gasteiger partial charge in [-0.15, -0.1) is 0 Å². The lowest BCUT2D eigenvalue weighted by Crippen LogP contribution is -2.04. The average Bonchev–Trinajstić information content (AvgIpc) is 2.29. The molecule has 0 amide bonds. The second-order valence-electron chi connectivity index (χ2n) is 3.47. The van der Waals surface area contributed by atoms with Crippen molar-refractivity contribution in [1.29, 1.82) is 0 Å². The summed E-state index contributed by atoms with van der Waals surface area (Å²) in [7, 11) is 0. The molecule has 0 spiro atoms. The number of alkyl halides is 3. The smallest absolute Gasteiger partial charge is 0.206 e. The van der Waals surface area contributed by atoms with Crippen LogP contribution in [0.1, 0.15) is 5.56 Å². The Labute approximate surface area is 95.5 Å². The first kappa shape index (κ1) is 11.6. The zero-order chi connectivity index (χ0) is 12.5. The van der Waals surface area contributed by atoms with Crippen molar-refractivity contribution in [3.8, 4) is 11.1 Å². The van der Waals surface area contributed by atoms with Gasteiger partial charge < -0.3 is 0 Å². The summed E-state index contributed by atoms with van der Waals surface area (Å²) in [6, 6.07) is 11.3. The highest BCUT2D eigenvalue weighted by Crippen LogP contribution is 2.31. The van der Waals surface area contributed by atoms with Crippen LogP contribution < -0.4 is 0 Å². The van der Waals surface area contributed by atoms with Crippen molar-refractivity contribution in [3.63, 3.8) is 0 Å². The van der Waals surface area contributed by atoms with Crippen LogP contribution in [0.2, 0.25) is 0 Å². The van der Waals surface area contributed by atoms with Crippen molar-refractivity contribution in [2.24, 2.45) is 0 Å². The lowest BCUT2D eigenvalue weighted by atomic mass is 10.0. The van der Waals surface area contributed by atoms with E-state index in [4.69, 9.17) is 0 Å². The zero-order valence-electron chi connectivity index (χ0n) is 8.55. The van der Waals surface area contributed by atoms with Crippen LogP contribution in [0.25, 0.3) is 11.1 Å². The van der Waals surface area contributed by atoms with Crippen LogP contribution in [-0.4, -0.2) is 0 Å². The van der Waals surface area contributed by atoms with E-state index in [1.807, 2.05) is 0 Å². The molecule has 17 heavy (non-hydrogen) atoms. The van der Waals surface area contributed by atoms with E-state index < -0.39 is 17.6 Å². The lowest BCUT2D eigenvalue weighted by Gasteiger charge is -2.07. The van der Waals surface area contributed by atoms with Crippen LogP contribution in [0.4, 0.5) is 17.6 Å². The molecule has 0 aliphatic carbocycles. The summed E-state index contributed by atoms with van der Waals surface area (Å²) in [5.74, 6) is -0.483. The van der Waals surface area contributed by atoms with Crippen LogP contribution >= 0.6 is 0 Å². The maximum Gasteiger partial charge on any atom is 0.416 e. The molecular formula is C13H7F4. The molecule has 0 aliphatic heterocycles. The van der Waals surface area contributed by atoms with E-state index in [1.54, 1.807) is 6.07 Å². The highest BCUT2D eigenvalue weighted by Gasteiger charge is 2.30. The van der Waals surface area contributed by atoms with Gasteiger partial charge in [-0.05, 0) is 29.8 Å². The quantitative estimate of drug-likeness (QED) is 0.650.